The molecule has 2 heterocycles. The van der Waals surface area contributed by atoms with E-state index in [4.69, 9.17) is 9.84 Å². The van der Waals surface area contributed by atoms with E-state index in [0.717, 1.165) is 4.90 Å². The SMILES string of the molecule is O=C(O)COCCN1C(=O)c2nc(CBr)c(CBr)nc2C1=O. The highest BCUT2D eigenvalue weighted by molar-refractivity contribution is 9.09. The second kappa shape index (κ2) is 7.25. The molecular formula is C12H11Br2N3O5. The molecular weight excluding hydrogens is 426 g/mol. The Bertz CT molecular complexity index is 594. The molecule has 0 spiro atoms. The van der Waals surface area contributed by atoms with E-state index in [-0.39, 0.29) is 24.5 Å². The number of alkyl halides is 2. The van der Waals surface area contributed by atoms with Crippen LogP contribution in [-0.2, 0) is 20.2 Å². The first kappa shape index (κ1) is 17.0. The molecule has 0 unspecified atom stereocenters. The number of rotatable bonds is 7. The monoisotopic (exact) mass is 435 g/mol. The lowest BCUT2D eigenvalue weighted by atomic mass is 10.3. The Morgan fingerprint density at radius 3 is 2.00 bits per heavy atom. The molecule has 2 rings (SSSR count). The number of amides is 2. The summed E-state index contributed by atoms with van der Waals surface area (Å²) in [5.74, 6) is -2.21. The fourth-order valence-electron chi connectivity index (χ4n) is 1.88. The molecule has 0 fully saturated rings. The van der Waals surface area contributed by atoms with Crippen molar-refractivity contribution < 1.29 is 24.2 Å². The first-order chi connectivity index (χ1) is 10.5. The van der Waals surface area contributed by atoms with E-state index in [0.29, 0.717) is 22.0 Å². The lowest BCUT2D eigenvalue weighted by Gasteiger charge is -2.12. The summed E-state index contributed by atoms with van der Waals surface area (Å²) >= 11 is 6.53. The molecule has 10 heteroatoms. The summed E-state index contributed by atoms with van der Waals surface area (Å²) in [6.45, 7) is -0.591. The van der Waals surface area contributed by atoms with Crippen LogP contribution in [-0.4, -0.2) is 57.5 Å². The molecule has 0 atom stereocenters. The molecule has 118 valence electrons. The van der Waals surface area contributed by atoms with Gasteiger partial charge in [-0.3, -0.25) is 14.5 Å². The second-order valence-corrected chi connectivity index (χ2v) is 5.41. The zero-order chi connectivity index (χ0) is 16.3. The maximum atomic E-state index is 12.2. The van der Waals surface area contributed by atoms with Crippen LogP contribution in [0.25, 0.3) is 0 Å². The van der Waals surface area contributed by atoms with Gasteiger partial charge in [-0.15, -0.1) is 0 Å². The number of hydrogen-bond acceptors (Lipinski definition) is 6. The topological polar surface area (TPSA) is 110 Å². The molecule has 8 nitrogen and oxygen atoms in total. The Morgan fingerprint density at radius 1 is 1.09 bits per heavy atom. The predicted molar refractivity (Wildman–Crippen MR) is 81.1 cm³/mol. The maximum absolute atomic E-state index is 12.2. The molecule has 0 aliphatic carbocycles. The summed E-state index contributed by atoms with van der Waals surface area (Å²) in [5, 5.41) is 9.29. The van der Waals surface area contributed by atoms with Crippen LogP contribution in [0, 0.1) is 0 Å². The van der Waals surface area contributed by atoms with Gasteiger partial charge in [-0.1, -0.05) is 31.9 Å². The van der Waals surface area contributed by atoms with E-state index in [2.05, 4.69) is 41.8 Å². The van der Waals surface area contributed by atoms with Gasteiger partial charge in [0.15, 0.2) is 11.4 Å². The highest BCUT2D eigenvalue weighted by Crippen LogP contribution is 2.23. The maximum Gasteiger partial charge on any atom is 0.329 e. The van der Waals surface area contributed by atoms with Crippen LogP contribution in [0.15, 0.2) is 0 Å². The Kier molecular flexibility index (Phi) is 5.59. The fraction of sp³-hybridized carbons (Fsp3) is 0.417. The van der Waals surface area contributed by atoms with Crippen molar-refractivity contribution >= 4 is 49.6 Å². The molecule has 0 saturated carbocycles. The molecule has 1 aliphatic rings. The Hall–Kier alpha value is -1.39. The van der Waals surface area contributed by atoms with Gasteiger partial charge in [-0.2, -0.15) is 0 Å². The highest BCUT2D eigenvalue weighted by atomic mass is 79.9. The lowest BCUT2D eigenvalue weighted by molar-refractivity contribution is -0.142. The second-order valence-electron chi connectivity index (χ2n) is 4.29. The quantitative estimate of drug-likeness (QED) is 0.385. The largest absolute Gasteiger partial charge is 0.480 e. The predicted octanol–water partition coefficient (Wildman–Crippen LogP) is 0.964. The van der Waals surface area contributed by atoms with E-state index >= 15 is 0 Å². The number of hydrogen-bond donors (Lipinski definition) is 1. The number of nitrogens with zero attached hydrogens (tertiary/aromatic N) is 3. The summed E-state index contributed by atoms with van der Waals surface area (Å²) in [7, 11) is 0. The highest BCUT2D eigenvalue weighted by Gasteiger charge is 2.39. The first-order valence-corrected chi connectivity index (χ1v) is 8.41. The molecule has 1 aliphatic heterocycles. The van der Waals surface area contributed by atoms with Gasteiger partial charge < -0.3 is 9.84 Å². The molecule has 1 aromatic heterocycles. The molecule has 0 bridgehead atoms. The minimum Gasteiger partial charge on any atom is -0.480 e. The zero-order valence-electron chi connectivity index (χ0n) is 11.2. The number of carbonyl (C=O) groups excluding carboxylic acids is 2. The molecule has 1 N–H and O–H groups in total. The fourth-order valence-corrected chi connectivity index (χ4v) is 2.78. The van der Waals surface area contributed by atoms with E-state index in [1.807, 2.05) is 0 Å². The van der Waals surface area contributed by atoms with Crippen molar-refractivity contribution in [2.24, 2.45) is 0 Å². The van der Waals surface area contributed by atoms with E-state index in [9.17, 15) is 14.4 Å². The number of carbonyl (C=O) groups is 3. The third-order valence-electron chi connectivity index (χ3n) is 2.88. The summed E-state index contributed by atoms with van der Waals surface area (Å²) < 4.78 is 4.84. The average Bonchev–Trinajstić information content (AvgIpc) is 2.73. The Labute approximate surface area is 142 Å². The van der Waals surface area contributed by atoms with Gasteiger partial charge in [0.2, 0.25) is 0 Å². The van der Waals surface area contributed by atoms with Crippen LogP contribution in [0.1, 0.15) is 32.4 Å². The zero-order valence-corrected chi connectivity index (χ0v) is 14.4. The number of fused-ring (bicyclic) bond motifs is 1. The average molecular weight is 437 g/mol. The van der Waals surface area contributed by atoms with Gasteiger partial charge in [0.1, 0.15) is 6.61 Å². The van der Waals surface area contributed by atoms with E-state index < -0.39 is 24.4 Å². The summed E-state index contributed by atoms with van der Waals surface area (Å²) in [5.41, 5.74) is 1.20. The normalized spacial score (nSPS) is 13.6. The number of aromatic nitrogens is 2. The molecule has 0 saturated heterocycles. The van der Waals surface area contributed by atoms with Crippen LogP contribution < -0.4 is 0 Å². The molecule has 1 aromatic rings. The van der Waals surface area contributed by atoms with Gasteiger partial charge in [-0.25, -0.2) is 14.8 Å². The van der Waals surface area contributed by atoms with Crippen molar-refractivity contribution in [1.29, 1.82) is 0 Å². The molecule has 0 radical (unpaired) electrons. The third-order valence-corrected chi connectivity index (χ3v) is 3.95. The van der Waals surface area contributed by atoms with Crippen molar-refractivity contribution in [3.63, 3.8) is 0 Å². The van der Waals surface area contributed by atoms with Crippen molar-refractivity contribution in [3.8, 4) is 0 Å². The first-order valence-electron chi connectivity index (χ1n) is 6.17. The Balaban J connectivity index is 2.16. The van der Waals surface area contributed by atoms with Crippen LogP contribution in [0.4, 0.5) is 0 Å². The van der Waals surface area contributed by atoms with Gasteiger partial charge in [0.05, 0.1) is 24.5 Å². The minimum absolute atomic E-state index is 0.0161. The Morgan fingerprint density at radius 2 is 1.59 bits per heavy atom. The van der Waals surface area contributed by atoms with Crippen LogP contribution in [0.3, 0.4) is 0 Å². The number of halogens is 2. The van der Waals surface area contributed by atoms with E-state index in [1.54, 1.807) is 0 Å². The molecule has 22 heavy (non-hydrogen) atoms. The molecule has 2 amide bonds. The van der Waals surface area contributed by atoms with Crippen molar-refractivity contribution in [1.82, 2.24) is 14.9 Å². The van der Waals surface area contributed by atoms with Crippen molar-refractivity contribution in [2.75, 3.05) is 19.8 Å². The lowest BCUT2D eigenvalue weighted by Crippen LogP contribution is -2.33. The number of imide groups is 1. The van der Waals surface area contributed by atoms with Crippen molar-refractivity contribution in [3.05, 3.63) is 22.8 Å². The number of carboxylic acid groups (broad SMARTS) is 1. The van der Waals surface area contributed by atoms with Gasteiger partial charge in [0, 0.05) is 10.7 Å². The minimum atomic E-state index is -1.12. The summed E-state index contributed by atoms with van der Waals surface area (Å²) in [4.78, 5) is 44.1. The van der Waals surface area contributed by atoms with Gasteiger partial charge in [0.25, 0.3) is 11.8 Å². The smallest absolute Gasteiger partial charge is 0.329 e. The summed E-state index contributed by atoms with van der Waals surface area (Å²) in [6.07, 6.45) is 0. The third kappa shape index (κ3) is 3.33. The van der Waals surface area contributed by atoms with Gasteiger partial charge >= 0.3 is 5.97 Å². The van der Waals surface area contributed by atoms with E-state index in [1.165, 1.54) is 0 Å². The molecule has 0 aromatic carbocycles. The van der Waals surface area contributed by atoms with Crippen LogP contribution >= 0.6 is 31.9 Å². The van der Waals surface area contributed by atoms with Crippen LogP contribution in [0.2, 0.25) is 0 Å². The summed E-state index contributed by atoms with van der Waals surface area (Å²) in [6, 6.07) is 0. The number of ether oxygens (including phenoxy) is 1. The number of aliphatic carboxylic acids is 1. The van der Waals surface area contributed by atoms with Crippen LogP contribution in [0.5, 0.6) is 0 Å². The number of carboxylic acids is 1. The standard InChI is InChI=1S/C12H11Br2N3O5/c13-3-6-7(4-14)16-10-9(15-6)11(20)17(12(10)21)1-2-22-5-8(18)19/h1-5H2,(H,18,19). The van der Waals surface area contributed by atoms with Gasteiger partial charge in [-0.05, 0) is 0 Å². The van der Waals surface area contributed by atoms with Crippen molar-refractivity contribution in [2.45, 2.75) is 10.7 Å².